The van der Waals surface area contributed by atoms with Crippen LogP contribution in [0.1, 0.15) is 29.4 Å². The molecule has 0 spiro atoms. The van der Waals surface area contributed by atoms with Crippen molar-refractivity contribution in [3.8, 4) is 18.1 Å². The second kappa shape index (κ2) is 8.47. The molecule has 1 amide bonds. The number of anilines is 1. The summed E-state index contributed by atoms with van der Waals surface area (Å²) in [6.07, 6.45) is 6.80. The molecule has 1 aromatic heterocycles. The number of amidine groups is 1. The number of alkyl halides is 1. The number of nitrogens with zero attached hydrogens (tertiary/aromatic N) is 2. The standard InChI is InChI=1S/C22H18ClF3N4O2S/c1-3-4-32-12-7-14(23)18(28-9-12)19(31)29-11-5-13(17(26)15(25)6-11)21(2)16-8-22(16,10-24)33-20(27)30-21/h1,5-7,9,16H,4,8,10H2,2H3,(H2,27,30)(H,29,31)/t16-,21+,22+/m0/s1. The molecule has 33 heavy (non-hydrogen) atoms. The Morgan fingerprint density at radius 2 is 2.21 bits per heavy atom. The molecule has 1 aromatic carbocycles. The van der Waals surface area contributed by atoms with Gasteiger partial charge >= 0.3 is 0 Å². The molecule has 0 radical (unpaired) electrons. The number of nitrogens with one attached hydrogen (secondary N) is 1. The predicted octanol–water partition coefficient (Wildman–Crippen LogP) is 4.28. The summed E-state index contributed by atoms with van der Waals surface area (Å²) in [6.45, 7) is 0.911. The highest BCUT2D eigenvalue weighted by atomic mass is 35.5. The Hall–Kier alpha value is -2.90. The Balaban J connectivity index is 1.64. The highest BCUT2D eigenvalue weighted by Crippen LogP contribution is 2.66. The van der Waals surface area contributed by atoms with Gasteiger partial charge in [0.1, 0.15) is 24.7 Å². The summed E-state index contributed by atoms with van der Waals surface area (Å²) >= 11 is 7.23. The largest absolute Gasteiger partial charge is 0.479 e. The molecule has 6 nitrogen and oxygen atoms in total. The summed E-state index contributed by atoms with van der Waals surface area (Å²) in [4.78, 5) is 21.0. The van der Waals surface area contributed by atoms with Gasteiger partial charge in [0.2, 0.25) is 0 Å². The molecule has 11 heteroatoms. The van der Waals surface area contributed by atoms with E-state index < -0.39 is 34.5 Å². The highest BCUT2D eigenvalue weighted by Gasteiger charge is 2.66. The number of hydrogen-bond acceptors (Lipinski definition) is 6. The van der Waals surface area contributed by atoms with Crippen LogP contribution in [0, 0.1) is 29.9 Å². The summed E-state index contributed by atoms with van der Waals surface area (Å²) in [5, 5.41) is 2.54. The number of aliphatic imine (C=N–C) groups is 1. The smallest absolute Gasteiger partial charge is 0.275 e. The lowest BCUT2D eigenvalue weighted by Crippen LogP contribution is -2.37. The fraction of sp³-hybridized carbons (Fsp3) is 0.318. The first-order chi connectivity index (χ1) is 15.6. The molecule has 0 unspecified atom stereocenters. The van der Waals surface area contributed by atoms with Crippen LogP contribution in [0.3, 0.4) is 0 Å². The number of pyridine rings is 1. The zero-order valence-electron chi connectivity index (χ0n) is 17.3. The minimum Gasteiger partial charge on any atom is -0.479 e. The van der Waals surface area contributed by atoms with Crippen molar-refractivity contribution < 1.29 is 22.7 Å². The average molecular weight is 495 g/mol. The molecule has 2 aliphatic rings. The number of thioether (sulfide) groups is 1. The van der Waals surface area contributed by atoms with Gasteiger partial charge in [-0.2, -0.15) is 0 Å². The molecule has 172 valence electrons. The summed E-state index contributed by atoms with van der Waals surface area (Å²) in [6, 6.07) is 3.46. The third kappa shape index (κ3) is 4.11. The maximum absolute atomic E-state index is 14.9. The van der Waals surface area contributed by atoms with E-state index in [0.717, 1.165) is 17.8 Å². The number of halogens is 4. The van der Waals surface area contributed by atoms with Crippen molar-refractivity contribution in [2.45, 2.75) is 23.6 Å². The van der Waals surface area contributed by atoms with Crippen LogP contribution in [0.15, 0.2) is 29.4 Å². The van der Waals surface area contributed by atoms with Gasteiger partial charge in [0.15, 0.2) is 16.8 Å². The third-order valence-corrected chi connectivity index (χ3v) is 7.32. The minimum atomic E-state index is -1.29. The Kier molecular flexibility index (Phi) is 5.97. The Morgan fingerprint density at radius 3 is 2.88 bits per heavy atom. The molecule has 1 fully saturated rings. The van der Waals surface area contributed by atoms with Gasteiger partial charge in [-0.1, -0.05) is 29.3 Å². The number of amides is 1. The molecule has 2 aromatic rings. The summed E-state index contributed by atoms with van der Waals surface area (Å²) < 4.78 is 47.5. The lowest BCUT2D eigenvalue weighted by atomic mass is 9.85. The van der Waals surface area contributed by atoms with Gasteiger partial charge in [0, 0.05) is 29.3 Å². The number of rotatable bonds is 6. The van der Waals surface area contributed by atoms with Gasteiger partial charge in [-0.25, -0.2) is 18.2 Å². The Morgan fingerprint density at radius 1 is 1.45 bits per heavy atom. The van der Waals surface area contributed by atoms with Crippen LogP contribution in [0.4, 0.5) is 18.9 Å². The lowest BCUT2D eigenvalue weighted by Gasteiger charge is -2.33. The van der Waals surface area contributed by atoms with Gasteiger partial charge in [-0.3, -0.25) is 9.79 Å². The Bertz CT molecular complexity index is 1220. The molecule has 0 saturated heterocycles. The second-order valence-corrected chi connectivity index (χ2v) is 9.77. The van der Waals surface area contributed by atoms with E-state index in [4.69, 9.17) is 28.5 Å². The summed E-state index contributed by atoms with van der Waals surface area (Å²) in [7, 11) is 0. The molecule has 1 aliphatic heterocycles. The van der Waals surface area contributed by atoms with E-state index in [-0.39, 0.29) is 45.4 Å². The lowest BCUT2D eigenvalue weighted by molar-refractivity contribution is 0.102. The first-order valence-corrected chi connectivity index (χ1v) is 11.0. The van der Waals surface area contributed by atoms with Gasteiger partial charge in [0.05, 0.1) is 21.5 Å². The highest BCUT2D eigenvalue weighted by molar-refractivity contribution is 8.15. The van der Waals surface area contributed by atoms with Crippen molar-refractivity contribution >= 4 is 40.1 Å². The van der Waals surface area contributed by atoms with Crippen molar-refractivity contribution in [1.29, 1.82) is 0 Å². The van der Waals surface area contributed by atoms with Crippen molar-refractivity contribution in [2.24, 2.45) is 16.6 Å². The Labute approximate surface area is 197 Å². The zero-order chi connectivity index (χ0) is 24.0. The third-order valence-electron chi connectivity index (χ3n) is 5.76. The number of nitrogens with two attached hydrogens (primary N) is 1. The van der Waals surface area contributed by atoms with Crippen molar-refractivity contribution in [2.75, 3.05) is 18.6 Å². The zero-order valence-corrected chi connectivity index (χ0v) is 18.9. The van der Waals surface area contributed by atoms with Crippen LogP contribution >= 0.6 is 23.4 Å². The normalized spacial score (nSPS) is 25.5. The molecule has 0 bridgehead atoms. The van der Waals surface area contributed by atoms with E-state index in [1.54, 1.807) is 6.92 Å². The van der Waals surface area contributed by atoms with Gasteiger partial charge < -0.3 is 15.8 Å². The van der Waals surface area contributed by atoms with Crippen LogP contribution in [0.5, 0.6) is 5.75 Å². The summed E-state index contributed by atoms with van der Waals surface area (Å²) in [5.41, 5.74) is 4.27. The second-order valence-electron chi connectivity index (χ2n) is 7.92. The number of ether oxygens (including phenoxy) is 1. The van der Waals surface area contributed by atoms with Crippen LogP contribution < -0.4 is 15.8 Å². The molecule has 1 saturated carbocycles. The van der Waals surface area contributed by atoms with Crippen LogP contribution in [-0.2, 0) is 5.54 Å². The number of benzene rings is 1. The molecule has 1 aliphatic carbocycles. The molecule has 4 rings (SSSR count). The first kappa shape index (κ1) is 23.3. The molecule has 3 N–H and O–H groups in total. The van der Waals surface area contributed by atoms with E-state index in [0.29, 0.717) is 6.42 Å². The number of aromatic nitrogens is 1. The van der Waals surface area contributed by atoms with E-state index in [1.807, 2.05) is 0 Å². The van der Waals surface area contributed by atoms with E-state index in [2.05, 4.69) is 21.2 Å². The fourth-order valence-electron chi connectivity index (χ4n) is 4.08. The molecule has 3 atom stereocenters. The monoisotopic (exact) mass is 494 g/mol. The van der Waals surface area contributed by atoms with Crippen molar-refractivity contribution in [3.63, 3.8) is 0 Å². The van der Waals surface area contributed by atoms with Gasteiger partial charge in [-0.05, 0) is 19.4 Å². The van der Waals surface area contributed by atoms with Crippen molar-refractivity contribution in [1.82, 2.24) is 4.98 Å². The number of fused-ring (bicyclic) bond motifs is 1. The first-order valence-electron chi connectivity index (χ1n) is 9.76. The van der Waals surface area contributed by atoms with Crippen LogP contribution in [0.25, 0.3) is 0 Å². The number of terminal acetylenes is 1. The maximum Gasteiger partial charge on any atom is 0.275 e. The van der Waals surface area contributed by atoms with E-state index in [1.165, 1.54) is 18.3 Å². The average Bonchev–Trinajstić information content (AvgIpc) is 3.50. The molecule has 2 heterocycles. The predicted molar refractivity (Wildman–Crippen MR) is 121 cm³/mol. The molecular weight excluding hydrogens is 477 g/mol. The van der Waals surface area contributed by atoms with Crippen LogP contribution in [0.2, 0.25) is 5.02 Å². The fourth-order valence-corrected chi connectivity index (χ4v) is 5.65. The molecular formula is C22H18ClF3N4O2S. The minimum absolute atomic E-state index is 0.00383. The number of carbonyl (C=O) groups excluding carboxylic acids is 1. The number of carbonyl (C=O) groups is 1. The SMILES string of the molecule is C#CCOc1cnc(C(=O)Nc2cc(F)c(F)c([C@@]3(C)N=C(N)S[C@@]4(CF)C[C@H]43)c2)c(Cl)c1. The van der Waals surface area contributed by atoms with Gasteiger partial charge in [0.25, 0.3) is 5.91 Å². The summed E-state index contributed by atoms with van der Waals surface area (Å²) in [5.74, 6) is -0.902. The van der Waals surface area contributed by atoms with E-state index in [9.17, 15) is 18.0 Å². The topological polar surface area (TPSA) is 89.6 Å². The number of hydrogen-bond donors (Lipinski definition) is 2. The van der Waals surface area contributed by atoms with Gasteiger partial charge in [-0.15, -0.1) is 6.42 Å². The van der Waals surface area contributed by atoms with E-state index >= 15 is 0 Å². The van der Waals surface area contributed by atoms with Crippen molar-refractivity contribution in [3.05, 3.63) is 52.3 Å². The van der Waals surface area contributed by atoms with Crippen LogP contribution in [-0.4, -0.2) is 34.1 Å². The quantitative estimate of drug-likeness (QED) is 0.585. The maximum atomic E-state index is 14.9.